The van der Waals surface area contributed by atoms with E-state index in [4.69, 9.17) is 0 Å². The third kappa shape index (κ3) is 5.28. The summed E-state index contributed by atoms with van der Waals surface area (Å²) in [5.41, 5.74) is 3.06. The normalized spacial score (nSPS) is 21.0. The Morgan fingerprint density at radius 3 is 2.44 bits per heavy atom. The predicted molar refractivity (Wildman–Crippen MR) is 103 cm³/mol. The third-order valence-electron chi connectivity index (χ3n) is 5.93. The summed E-state index contributed by atoms with van der Waals surface area (Å²) in [6.07, 6.45) is 7.69. The number of sulfonamides is 1. The quantitative estimate of drug-likeness (QED) is 0.842. The van der Waals surface area contributed by atoms with Gasteiger partial charge < -0.3 is 4.90 Å². The lowest BCUT2D eigenvalue weighted by molar-refractivity contribution is 0.135. The van der Waals surface area contributed by atoms with Crippen molar-refractivity contribution in [2.24, 2.45) is 5.92 Å². The molecule has 2 fully saturated rings. The molecule has 1 saturated carbocycles. The molecule has 1 aliphatic carbocycles. The van der Waals surface area contributed by atoms with Gasteiger partial charge in [0, 0.05) is 12.6 Å². The van der Waals surface area contributed by atoms with Crippen LogP contribution in [0.3, 0.4) is 0 Å². The van der Waals surface area contributed by atoms with Crippen LogP contribution in [0.15, 0.2) is 18.2 Å². The number of likely N-dealkylation sites (tertiary alicyclic amines) is 1. The van der Waals surface area contributed by atoms with Gasteiger partial charge in [0.15, 0.2) is 0 Å². The molecule has 1 aliphatic heterocycles. The van der Waals surface area contributed by atoms with Crippen LogP contribution in [0.1, 0.15) is 55.2 Å². The largest absolute Gasteiger partial charge is 0.300 e. The van der Waals surface area contributed by atoms with Crippen molar-refractivity contribution in [3.05, 3.63) is 34.9 Å². The number of nitrogens with one attached hydrogen (secondary N) is 1. The maximum absolute atomic E-state index is 12.5. The lowest BCUT2D eigenvalue weighted by Gasteiger charge is -2.36. The predicted octanol–water partition coefficient (Wildman–Crippen LogP) is 3.38. The highest BCUT2D eigenvalue weighted by Crippen LogP contribution is 2.27. The Hall–Kier alpha value is -0.910. The van der Waals surface area contributed by atoms with Crippen LogP contribution >= 0.6 is 0 Å². The number of aryl methyl sites for hydroxylation is 2. The number of rotatable bonds is 6. The van der Waals surface area contributed by atoms with Crippen molar-refractivity contribution in [2.45, 2.75) is 64.2 Å². The minimum Gasteiger partial charge on any atom is -0.300 e. The van der Waals surface area contributed by atoms with Crippen molar-refractivity contribution >= 4 is 10.0 Å². The van der Waals surface area contributed by atoms with Crippen LogP contribution in [0.5, 0.6) is 0 Å². The first-order valence-electron chi connectivity index (χ1n) is 9.70. The van der Waals surface area contributed by atoms with Crippen molar-refractivity contribution in [3.63, 3.8) is 0 Å². The first-order valence-corrected chi connectivity index (χ1v) is 11.4. The summed E-state index contributed by atoms with van der Waals surface area (Å²) in [7, 11) is -3.27. The number of piperidine rings is 1. The molecule has 3 rings (SSSR count). The van der Waals surface area contributed by atoms with Crippen molar-refractivity contribution in [2.75, 3.05) is 19.6 Å². The van der Waals surface area contributed by atoms with E-state index in [1.165, 1.54) is 25.7 Å². The summed E-state index contributed by atoms with van der Waals surface area (Å²) >= 11 is 0. The van der Waals surface area contributed by atoms with E-state index >= 15 is 0 Å². The molecule has 5 heteroatoms. The summed E-state index contributed by atoms with van der Waals surface area (Å²) in [5.74, 6) is 0.563. The fourth-order valence-electron chi connectivity index (χ4n) is 4.25. The van der Waals surface area contributed by atoms with Crippen LogP contribution in [-0.2, 0) is 15.8 Å². The zero-order valence-corrected chi connectivity index (χ0v) is 16.4. The SMILES string of the molecule is Cc1ccc(C)c(CS(=O)(=O)NCC2CCN(C3CCCC3)CC2)c1. The summed E-state index contributed by atoms with van der Waals surface area (Å²) < 4.78 is 27.8. The molecule has 1 aromatic carbocycles. The van der Waals surface area contributed by atoms with E-state index in [0.717, 1.165) is 48.7 Å². The highest BCUT2D eigenvalue weighted by molar-refractivity contribution is 7.88. The zero-order valence-electron chi connectivity index (χ0n) is 15.6. The first kappa shape index (κ1) is 18.9. The number of benzene rings is 1. The van der Waals surface area contributed by atoms with Gasteiger partial charge in [0.1, 0.15) is 0 Å². The number of nitrogens with zero attached hydrogens (tertiary/aromatic N) is 1. The molecule has 140 valence electrons. The molecule has 1 saturated heterocycles. The second kappa shape index (κ2) is 8.19. The number of hydrogen-bond donors (Lipinski definition) is 1. The van der Waals surface area contributed by atoms with Crippen LogP contribution in [-0.4, -0.2) is 39.0 Å². The molecular weight excluding hydrogens is 332 g/mol. The van der Waals surface area contributed by atoms with Gasteiger partial charge in [-0.05, 0) is 69.7 Å². The van der Waals surface area contributed by atoms with E-state index in [0.29, 0.717) is 12.5 Å². The van der Waals surface area contributed by atoms with Crippen LogP contribution < -0.4 is 4.72 Å². The lowest BCUT2D eigenvalue weighted by atomic mass is 9.96. The molecule has 0 bridgehead atoms. The molecule has 0 unspecified atom stereocenters. The van der Waals surface area contributed by atoms with Gasteiger partial charge in [-0.1, -0.05) is 36.6 Å². The summed E-state index contributed by atoms with van der Waals surface area (Å²) in [4.78, 5) is 2.63. The fourth-order valence-corrected chi connectivity index (χ4v) is 5.56. The average Bonchev–Trinajstić information content (AvgIpc) is 3.11. The third-order valence-corrected chi connectivity index (χ3v) is 7.23. The molecule has 0 aromatic heterocycles. The second-order valence-electron chi connectivity index (χ2n) is 7.96. The molecule has 1 heterocycles. The molecule has 2 aliphatic rings. The summed E-state index contributed by atoms with van der Waals surface area (Å²) in [6, 6.07) is 6.80. The second-order valence-corrected chi connectivity index (χ2v) is 9.76. The Balaban J connectivity index is 1.47. The minimum absolute atomic E-state index is 0.0848. The molecule has 0 amide bonds. The fraction of sp³-hybridized carbons (Fsp3) is 0.700. The van der Waals surface area contributed by atoms with Crippen LogP contribution in [0.2, 0.25) is 0 Å². The lowest BCUT2D eigenvalue weighted by Crippen LogP contribution is -2.42. The van der Waals surface area contributed by atoms with Gasteiger partial charge in [-0.15, -0.1) is 0 Å². The Bertz CT molecular complexity index is 673. The molecular formula is C20H32N2O2S. The maximum atomic E-state index is 12.5. The Morgan fingerprint density at radius 2 is 1.76 bits per heavy atom. The molecule has 1 aromatic rings. The molecule has 1 N–H and O–H groups in total. The molecule has 4 nitrogen and oxygen atoms in total. The number of hydrogen-bond acceptors (Lipinski definition) is 3. The first-order chi connectivity index (χ1) is 11.9. The van der Waals surface area contributed by atoms with E-state index in [9.17, 15) is 8.42 Å². The molecule has 0 atom stereocenters. The van der Waals surface area contributed by atoms with E-state index in [2.05, 4.69) is 9.62 Å². The van der Waals surface area contributed by atoms with Crippen molar-refractivity contribution in [3.8, 4) is 0 Å². The van der Waals surface area contributed by atoms with Crippen molar-refractivity contribution in [1.82, 2.24) is 9.62 Å². The van der Waals surface area contributed by atoms with Gasteiger partial charge >= 0.3 is 0 Å². The minimum atomic E-state index is -3.27. The molecule has 0 radical (unpaired) electrons. The van der Waals surface area contributed by atoms with E-state index < -0.39 is 10.0 Å². The highest BCUT2D eigenvalue weighted by atomic mass is 32.2. The standard InChI is InChI=1S/C20H32N2O2S/c1-16-7-8-17(2)19(13-16)15-25(23,24)21-14-18-9-11-22(12-10-18)20-5-3-4-6-20/h7-8,13,18,20-21H,3-6,9-12,14-15H2,1-2H3. The van der Waals surface area contributed by atoms with Gasteiger partial charge in [0.05, 0.1) is 5.75 Å². The van der Waals surface area contributed by atoms with Gasteiger partial charge in [0.25, 0.3) is 0 Å². The monoisotopic (exact) mass is 364 g/mol. The molecule has 25 heavy (non-hydrogen) atoms. The van der Waals surface area contributed by atoms with E-state index in [1.54, 1.807) is 0 Å². The smallest absolute Gasteiger partial charge is 0.215 e. The van der Waals surface area contributed by atoms with E-state index in [1.807, 2.05) is 32.0 Å². The van der Waals surface area contributed by atoms with Gasteiger partial charge in [-0.3, -0.25) is 0 Å². The topological polar surface area (TPSA) is 49.4 Å². The van der Waals surface area contributed by atoms with Crippen molar-refractivity contribution in [1.29, 1.82) is 0 Å². The summed E-state index contributed by atoms with van der Waals surface area (Å²) in [6.45, 7) is 6.83. The van der Waals surface area contributed by atoms with Gasteiger partial charge in [0.2, 0.25) is 10.0 Å². The maximum Gasteiger partial charge on any atom is 0.215 e. The van der Waals surface area contributed by atoms with Crippen LogP contribution in [0.4, 0.5) is 0 Å². The van der Waals surface area contributed by atoms with Gasteiger partial charge in [-0.25, -0.2) is 13.1 Å². The van der Waals surface area contributed by atoms with E-state index in [-0.39, 0.29) is 5.75 Å². The summed E-state index contributed by atoms with van der Waals surface area (Å²) in [5, 5.41) is 0. The van der Waals surface area contributed by atoms with Gasteiger partial charge in [-0.2, -0.15) is 0 Å². The zero-order chi connectivity index (χ0) is 17.9. The van der Waals surface area contributed by atoms with Crippen LogP contribution in [0.25, 0.3) is 0 Å². The Labute approximate surface area is 153 Å². The van der Waals surface area contributed by atoms with Crippen molar-refractivity contribution < 1.29 is 8.42 Å². The highest BCUT2D eigenvalue weighted by Gasteiger charge is 2.27. The Kier molecular flexibility index (Phi) is 6.18. The molecule has 0 spiro atoms. The van der Waals surface area contributed by atoms with Crippen LogP contribution in [0, 0.1) is 19.8 Å². The average molecular weight is 365 g/mol. The Morgan fingerprint density at radius 1 is 1.08 bits per heavy atom.